The zero-order valence-corrected chi connectivity index (χ0v) is 9.91. The maximum atomic E-state index is 12.5. The minimum absolute atomic E-state index is 0.0278. The number of halogens is 2. The lowest BCUT2D eigenvalue weighted by Gasteiger charge is -2.04. The lowest BCUT2D eigenvalue weighted by molar-refractivity contribution is 0.598. The van der Waals surface area contributed by atoms with Crippen LogP contribution in [-0.2, 0) is 0 Å². The minimum atomic E-state index is -0.573. The van der Waals surface area contributed by atoms with E-state index in [2.05, 4.69) is 33.4 Å². The molecule has 0 unspecified atom stereocenters. The number of hydrogen-bond donors (Lipinski definition) is 2. The maximum absolute atomic E-state index is 12.5. The van der Waals surface area contributed by atoms with E-state index < -0.39 is 11.6 Å². The van der Waals surface area contributed by atoms with Crippen LogP contribution in [0.15, 0.2) is 18.2 Å². The Balaban J connectivity index is 0.000000336. The molecule has 0 saturated carbocycles. The molecule has 4 heteroatoms. The molecule has 15 heavy (non-hydrogen) atoms. The lowest BCUT2D eigenvalue weighted by Crippen LogP contribution is -1.99. The second-order valence-corrected chi connectivity index (χ2v) is 5.32. The largest absolute Gasteiger partial charge is 0.308 e. The maximum Gasteiger partial charge on any atom is 0.132 e. The van der Waals surface area contributed by atoms with Crippen molar-refractivity contribution in [3.8, 4) is 0 Å². The molecule has 0 spiro atoms. The first-order valence-electron chi connectivity index (χ1n) is 4.42. The molecule has 0 aliphatic carbocycles. The van der Waals surface area contributed by atoms with Gasteiger partial charge in [-0.25, -0.2) is 8.78 Å². The zero-order chi connectivity index (χ0) is 12.1. The van der Waals surface area contributed by atoms with Crippen LogP contribution >= 0.6 is 12.6 Å². The highest BCUT2D eigenvalue weighted by molar-refractivity contribution is 7.81. The third kappa shape index (κ3) is 8.12. The van der Waals surface area contributed by atoms with E-state index >= 15 is 0 Å². The van der Waals surface area contributed by atoms with Gasteiger partial charge in [0, 0.05) is 16.5 Å². The Morgan fingerprint density at radius 3 is 2.07 bits per heavy atom. The average Bonchev–Trinajstić information content (AvgIpc) is 2.06. The van der Waals surface area contributed by atoms with Crippen LogP contribution in [0.4, 0.5) is 8.78 Å². The van der Waals surface area contributed by atoms with Gasteiger partial charge in [-0.3, -0.25) is 0 Å². The number of nitrogens with one attached hydrogen (secondary N) is 1. The summed E-state index contributed by atoms with van der Waals surface area (Å²) in [7, 11) is 0. The van der Waals surface area contributed by atoms with Crippen molar-refractivity contribution in [3.63, 3.8) is 0 Å². The van der Waals surface area contributed by atoms with Crippen molar-refractivity contribution >= 4 is 18.8 Å². The van der Waals surface area contributed by atoms with Gasteiger partial charge >= 0.3 is 0 Å². The molecule has 0 atom stereocenters. The van der Waals surface area contributed by atoms with Gasteiger partial charge in [-0.15, -0.1) is 0 Å². The van der Waals surface area contributed by atoms with Crippen molar-refractivity contribution in [2.45, 2.75) is 25.5 Å². The smallest absolute Gasteiger partial charge is 0.132 e. The number of benzene rings is 1. The monoisotopic (exact) mass is 231 g/mol. The second kappa shape index (κ2) is 5.85. The van der Waals surface area contributed by atoms with Crippen LogP contribution in [0.3, 0.4) is 0 Å². The third-order valence-electron chi connectivity index (χ3n) is 1.11. The molecule has 1 nitrogen and oxygen atoms in total. The number of rotatable bonds is 1. The van der Waals surface area contributed by atoms with Crippen molar-refractivity contribution in [2.75, 3.05) is 0 Å². The Morgan fingerprint density at radius 1 is 1.27 bits per heavy atom. The Labute approximate surface area is 94.4 Å². The predicted octanol–water partition coefficient (Wildman–Crippen LogP) is 3.68. The summed E-state index contributed by atoms with van der Waals surface area (Å²) >= 11 is 4.12. The van der Waals surface area contributed by atoms with Crippen molar-refractivity contribution < 1.29 is 8.78 Å². The van der Waals surface area contributed by atoms with E-state index in [9.17, 15) is 8.78 Å². The van der Waals surface area contributed by atoms with Crippen molar-refractivity contribution in [3.05, 3.63) is 35.4 Å². The molecule has 1 aromatic rings. The molecule has 1 aromatic carbocycles. The highest BCUT2D eigenvalue weighted by atomic mass is 32.1. The van der Waals surface area contributed by atoms with E-state index in [1.54, 1.807) is 0 Å². The van der Waals surface area contributed by atoms with Crippen LogP contribution in [0.25, 0.3) is 0 Å². The predicted molar refractivity (Wildman–Crippen MR) is 63.0 cm³/mol. The average molecular weight is 231 g/mol. The van der Waals surface area contributed by atoms with Crippen LogP contribution in [0.2, 0.25) is 0 Å². The molecule has 0 aromatic heterocycles. The first-order valence-corrected chi connectivity index (χ1v) is 4.86. The first-order chi connectivity index (χ1) is 6.74. The first kappa shape index (κ1) is 14.1. The second-order valence-electron chi connectivity index (χ2n) is 3.98. The van der Waals surface area contributed by atoms with Gasteiger partial charge < -0.3 is 5.41 Å². The molecule has 84 valence electrons. The molecule has 0 aliphatic heterocycles. The van der Waals surface area contributed by atoms with Crippen molar-refractivity contribution in [2.24, 2.45) is 0 Å². The molecule has 0 fully saturated rings. The van der Waals surface area contributed by atoms with E-state index in [1.165, 1.54) is 0 Å². The summed E-state index contributed by atoms with van der Waals surface area (Å²) in [4.78, 5) is 0. The SMILES string of the molecule is CC(C)(C)S.N=Cc1cc(F)ccc1F. The molecule has 0 radical (unpaired) electrons. The molecule has 0 aliphatic rings. The van der Waals surface area contributed by atoms with Crippen LogP contribution in [0.5, 0.6) is 0 Å². The summed E-state index contributed by atoms with van der Waals surface area (Å²) in [6, 6.07) is 2.99. The Kier molecular flexibility index (Phi) is 5.50. The molecule has 1 rings (SSSR count). The topological polar surface area (TPSA) is 23.9 Å². The van der Waals surface area contributed by atoms with Gasteiger partial charge in [0.1, 0.15) is 11.6 Å². The summed E-state index contributed by atoms with van der Waals surface area (Å²) in [5, 5.41) is 6.65. The number of hydrogen-bond acceptors (Lipinski definition) is 2. The molecular formula is C11H15F2NS. The highest BCUT2D eigenvalue weighted by Crippen LogP contribution is 2.07. The fraction of sp³-hybridized carbons (Fsp3) is 0.364. The van der Waals surface area contributed by atoms with Crippen LogP contribution in [-0.4, -0.2) is 11.0 Å². The Hall–Kier alpha value is -0.900. The fourth-order valence-corrected chi connectivity index (χ4v) is 0.625. The summed E-state index contributed by atoms with van der Waals surface area (Å²) < 4.78 is 24.9. The van der Waals surface area contributed by atoms with Gasteiger partial charge in [0.25, 0.3) is 0 Å². The van der Waals surface area contributed by atoms with E-state index in [1.807, 2.05) is 0 Å². The summed E-state index contributed by atoms with van der Waals surface area (Å²) in [6.07, 6.45) is 0.776. The van der Waals surface area contributed by atoms with Gasteiger partial charge in [0.15, 0.2) is 0 Å². The zero-order valence-electron chi connectivity index (χ0n) is 9.01. The van der Waals surface area contributed by atoms with E-state index in [0.29, 0.717) is 0 Å². The van der Waals surface area contributed by atoms with E-state index in [-0.39, 0.29) is 10.3 Å². The van der Waals surface area contributed by atoms with Gasteiger partial charge in [0.05, 0.1) is 0 Å². The van der Waals surface area contributed by atoms with Crippen LogP contribution in [0.1, 0.15) is 26.3 Å². The van der Waals surface area contributed by atoms with Crippen LogP contribution < -0.4 is 0 Å². The van der Waals surface area contributed by atoms with Crippen molar-refractivity contribution in [1.82, 2.24) is 0 Å². The molecule has 0 heterocycles. The molecule has 0 saturated heterocycles. The standard InChI is InChI=1S/C7H5F2N.C4H10S/c8-6-1-2-7(9)5(3-6)4-10;1-4(2,3)5/h1-4,10H;5H,1-3H3. The molecule has 1 N–H and O–H groups in total. The quantitative estimate of drug-likeness (QED) is 0.544. The minimum Gasteiger partial charge on any atom is -0.308 e. The number of thiol groups is 1. The third-order valence-corrected chi connectivity index (χ3v) is 1.11. The van der Waals surface area contributed by atoms with E-state index in [4.69, 9.17) is 5.41 Å². The van der Waals surface area contributed by atoms with Gasteiger partial charge in [-0.2, -0.15) is 12.6 Å². The molecular weight excluding hydrogens is 216 g/mol. The Morgan fingerprint density at radius 2 is 1.73 bits per heavy atom. The highest BCUT2D eigenvalue weighted by Gasteiger charge is 1.98. The summed E-state index contributed by atoms with van der Waals surface area (Å²) in [5.41, 5.74) is -0.0278. The normalized spacial score (nSPS) is 10.3. The van der Waals surface area contributed by atoms with Gasteiger partial charge in [0.2, 0.25) is 0 Å². The van der Waals surface area contributed by atoms with Gasteiger partial charge in [-0.05, 0) is 18.2 Å². The lowest BCUT2D eigenvalue weighted by atomic mass is 10.2. The summed E-state index contributed by atoms with van der Waals surface area (Å²) in [6.45, 7) is 6.16. The Bertz CT molecular complexity index is 326. The van der Waals surface area contributed by atoms with Gasteiger partial charge in [-0.1, -0.05) is 20.8 Å². The molecule has 0 amide bonds. The van der Waals surface area contributed by atoms with Crippen molar-refractivity contribution in [1.29, 1.82) is 5.41 Å². The van der Waals surface area contributed by atoms with E-state index in [0.717, 1.165) is 24.4 Å². The van der Waals surface area contributed by atoms with Crippen LogP contribution in [0, 0.1) is 17.0 Å². The molecule has 0 bridgehead atoms. The summed E-state index contributed by atoms with van der Waals surface area (Å²) in [5.74, 6) is -1.10. The fourth-order valence-electron chi connectivity index (χ4n) is 0.625.